The fraction of sp³-hybridized carbons (Fsp3) is 0.357. The van der Waals surface area contributed by atoms with Crippen molar-refractivity contribution in [3.05, 3.63) is 40.4 Å². The Balaban J connectivity index is 2.01. The van der Waals surface area contributed by atoms with Gasteiger partial charge < -0.3 is 4.90 Å². The number of carbonyl (C=O) groups is 1. The third kappa shape index (κ3) is 3.93. The smallest absolute Gasteiger partial charge is 0.246 e. The molecule has 20 heavy (non-hydrogen) atoms. The van der Waals surface area contributed by atoms with Crippen molar-refractivity contribution in [3.63, 3.8) is 0 Å². The maximum absolute atomic E-state index is 12.0. The van der Waals surface area contributed by atoms with Crippen molar-refractivity contribution in [2.75, 3.05) is 18.6 Å². The largest absolute Gasteiger partial charge is 0.338 e. The highest BCUT2D eigenvalue weighted by Crippen LogP contribution is 2.17. The predicted octanol–water partition coefficient (Wildman–Crippen LogP) is 2.11. The second kappa shape index (κ2) is 6.10. The van der Waals surface area contributed by atoms with Gasteiger partial charge in [0.1, 0.15) is 0 Å². The van der Waals surface area contributed by atoms with Gasteiger partial charge in [0.25, 0.3) is 0 Å². The highest BCUT2D eigenvalue weighted by atomic mass is 79.9. The summed E-state index contributed by atoms with van der Waals surface area (Å²) >= 11 is 3.37. The number of hydrogen-bond donors (Lipinski definition) is 0. The molecule has 0 saturated carbocycles. The van der Waals surface area contributed by atoms with E-state index in [1.165, 1.54) is 11.0 Å². The van der Waals surface area contributed by atoms with E-state index in [-0.39, 0.29) is 23.5 Å². The van der Waals surface area contributed by atoms with Crippen molar-refractivity contribution in [2.24, 2.45) is 0 Å². The molecule has 0 aliphatic carbocycles. The molecule has 1 aromatic carbocycles. The third-order valence-electron chi connectivity index (χ3n) is 3.37. The van der Waals surface area contributed by atoms with Crippen LogP contribution < -0.4 is 0 Å². The van der Waals surface area contributed by atoms with Crippen molar-refractivity contribution in [2.45, 2.75) is 12.5 Å². The Kier molecular flexibility index (Phi) is 4.65. The second-order valence-electron chi connectivity index (χ2n) is 4.89. The van der Waals surface area contributed by atoms with Crippen molar-refractivity contribution in [3.8, 4) is 0 Å². The zero-order chi connectivity index (χ0) is 14.8. The summed E-state index contributed by atoms with van der Waals surface area (Å²) in [4.78, 5) is 13.5. The minimum atomic E-state index is -2.97. The Morgan fingerprint density at radius 3 is 2.80 bits per heavy atom. The number of benzene rings is 1. The molecule has 1 atom stereocenters. The van der Waals surface area contributed by atoms with E-state index in [1.54, 1.807) is 13.1 Å². The molecule has 4 nitrogen and oxygen atoms in total. The number of nitrogens with zero attached hydrogens (tertiary/aromatic N) is 1. The predicted molar refractivity (Wildman–Crippen MR) is 83.0 cm³/mol. The molecule has 0 aromatic heterocycles. The summed E-state index contributed by atoms with van der Waals surface area (Å²) in [6, 6.07) is 7.40. The molecule has 1 unspecified atom stereocenters. The molecule has 1 amide bonds. The van der Waals surface area contributed by atoms with Gasteiger partial charge in [0, 0.05) is 23.6 Å². The zero-order valence-corrected chi connectivity index (χ0v) is 13.5. The molecule has 1 fully saturated rings. The summed E-state index contributed by atoms with van der Waals surface area (Å²) in [7, 11) is -1.32. The number of sulfone groups is 1. The maximum Gasteiger partial charge on any atom is 0.246 e. The molecular formula is C14H16BrNO3S. The van der Waals surface area contributed by atoms with Crippen molar-refractivity contribution in [1.29, 1.82) is 0 Å². The summed E-state index contributed by atoms with van der Waals surface area (Å²) in [5.41, 5.74) is 0.917. The van der Waals surface area contributed by atoms with Crippen LogP contribution in [0, 0.1) is 0 Å². The number of carbonyl (C=O) groups excluding carboxylic acids is 1. The molecule has 1 aromatic rings. The minimum Gasteiger partial charge on any atom is -0.338 e. The lowest BCUT2D eigenvalue weighted by atomic mass is 10.2. The Hall–Kier alpha value is -1.14. The van der Waals surface area contributed by atoms with Crippen molar-refractivity contribution < 1.29 is 13.2 Å². The zero-order valence-electron chi connectivity index (χ0n) is 11.1. The number of halogens is 1. The number of hydrogen-bond acceptors (Lipinski definition) is 3. The van der Waals surface area contributed by atoms with Gasteiger partial charge in [0.2, 0.25) is 5.91 Å². The van der Waals surface area contributed by atoms with Crippen LogP contribution >= 0.6 is 15.9 Å². The van der Waals surface area contributed by atoms with Crippen LogP contribution in [-0.2, 0) is 14.6 Å². The Morgan fingerprint density at radius 2 is 2.20 bits per heavy atom. The Bertz CT molecular complexity index is 640. The van der Waals surface area contributed by atoms with E-state index in [9.17, 15) is 13.2 Å². The van der Waals surface area contributed by atoms with Gasteiger partial charge in [-0.25, -0.2) is 8.42 Å². The van der Waals surface area contributed by atoms with Crippen LogP contribution in [0.15, 0.2) is 34.8 Å². The fourth-order valence-corrected chi connectivity index (χ4v) is 4.35. The number of amides is 1. The van der Waals surface area contributed by atoms with Gasteiger partial charge in [-0.15, -0.1) is 0 Å². The van der Waals surface area contributed by atoms with Gasteiger partial charge in [0.15, 0.2) is 9.84 Å². The Morgan fingerprint density at radius 1 is 1.45 bits per heavy atom. The average molecular weight is 358 g/mol. The van der Waals surface area contributed by atoms with E-state index in [0.717, 1.165) is 10.0 Å². The summed E-state index contributed by atoms with van der Waals surface area (Å²) in [5.74, 6) is 0.0667. The van der Waals surface area contributed by atoms with Crippen LogP contribution in [0.5, 0.6) is 0 Å². The van der Waals surface area contributed by atoms with Gasteiger partial charge in [0.05, 0.1) is 11.5 Å². The Labute approximate surface area is 127 Å². The molecule has 1 aliphatic heterocycles. The van der Waals surface area contributed by atoms with E-state index in [4.69, 9.17) is 0 Å². The van der Waals surface area contributed by atoms with Crippen LogP contribution in [0.25, 0.3) is 6.08 Å². The second-order valence-corrected chi connectivity index (χ2v) is 8.04. The van der Waals surface area contributed by atoms with Crippen LogP contribution in [-0.4, -0.2) is 43.8 Å². The molecule has 108 valence electrons. The van der Waals surface area contributed by atoms with Gasteiger partial charge >= 0.3 is 0 Å². The normalized spacial score (nSPS) is 21.2. The maximum atomic E-state index is 12.0. The van der Waals surface area contributed by atoms with E-state index >= 15 is 0 Å². The average Bonchev–Trinajstić information content (AvgIpc) is 2.75. The first kappa shape index (κ1) is 15.3. The van der Waals surface area contributed by atoms with Gasteiger partial charge in [-0.1, -0.05) is 28.1 Å². The SMILES string of the molecule is CN(C(=O)C=Cc1cccc(Br)c1)C1CCS(=O)(=O)C1. The molecular weight excluding hydrogens is 342 g/mol. The van der Waals surface area contributed by atoms with Crippen LogP contribution in [0.1, 0.15) is 12.0 Å². The first-order chi connectivity index (χ1) is 9.37. The molecule has 0 N–H and O–H groups in total. The first-order valence-corrected chi connectivity index (χ1v) is 8.90. The lowest BCUT2D eigenvalue weighted by molar-refractivity contribution is -0.126. The summed E-state index contributed by atoms with van der Waals surface area (Å²) in [6.45, 7) is 0. The lowest BCUT2D eigenvalue weighted by Crippen LogP contribution is -2.36. The topological polar surface area (TPSA) is 54.5 Å². The van der Waals surface area contributed by atoms with E-state index in [0.29, 0.717) is 6.42 Å². The quantitative estimate of drug-likeness (QED) is 0.778. The first-order valence-electron chi connectivity index (χ1n) is 6.28. The lowest BCUT2D eigenvalue weighted by Gasteiger charge is -2.21. The fourth-order valence-electron chi connectivity index (χ4n) is 2.16. The van der Waals surface area contributed by atoms with Crippen LogP contribution in [0.4, 0.5) is 0 Å². The van der Waals surface area contributed by atoms with Gasteiger partial charge in [-0.05, 0) is 30.2 Å². The highest BCUT2D eigenvalue weighted by Gasteiger charge is 2.31. The molecule has 0 bridgehead atoms. The highest BCUT2D eigenvalue weighted by molar-refractivity contribution is 9.10. The van der Waals surface area contributed by atoms with Crippen LogP contribution in [0.2, 0.25) is 0 Å². The van der Waals surface area contributed by atoms with Crippen LogP contribution in [0.3, 0.4) is 0 Å². The van der Waals surface area contributed by atoms with E-state index in [2.05, 4.69) is 15.9 Å². The van der Waals surface area contributed by atoms with Crippen molar-refractivity contribution in [1.82, 2.24) is 4.90 Å². The monoisotopic (exact) mass is 357 g/mol. The molecule has 6 heteroatoms. The standard InChI is InChI=1S/C14H16BrNO3S/c1-16(13-7-8-20(18,19)10-13)14(17)6-5-11-3-2-4-12(15)9-11/h2-6,9,13H,7-8,10H2,1H3. The number of rotatable bonds is 3. The molecule has 0 spiro atoms. The number of likely N-dealkylation sites (N-methyl/N-ethyl adjacent to an activating group) is 1. The van der Waals surface area contributed by atoms with E-state index in [1.807, 2.05) is 24.3 Å². The molecule has 1 saturated heterocycles. The summed E-state index contributed by atoms with van der Waals surface area (Å²) in [5, 5.41) is 0. The van der Waals surface area contributed by atoms with E-state index < -0.39 is 9.84 Å². The molecule has 1 heterocycles. The third-order valence-corrected chi connectivity index (χ3v) is 5.61. The van der Waals surface area contributed by atoms with Crippen molar-refractivity contribution >= 4 is 37.8 Å². The summed E-state index contributed by atoms with van der Waals surface area (Å²) in [6.07, 6.45) is 3.73. The van der Waals surface area contributed by atoms with Gasteiger partial charge in [-0.2, -0.15) is 0 Å². The summed E-state index contributed by atoms with van der Waals surface area (Å²) < 4.78 is 23.8. The molecule has 0 radical (unpaired) electrons. The van der Waals surface area contributed by atoms with Gasteiger partial charge in [-0.3, -0.25) is 4.79 Å². The minimum absolute atomic E-state index is 0.0694. The molecule has 2 rings (SSSR count). The molecule has 1 aliphatic rings.